The van der Waals surface area contributed by atoms with Gasteiger partial charge >= 0.3 is 5.97 Å². The molecule has 0 radical (unpaired) electrons. The summed E-state index contributed by atoms with van der Waals surface area (Å²) in [6.45, 7) is 2.71. The molecule has 0 saturated carbocycles. The molecule has 0 fully saturated rings. The number of hydrogen-bond acceptors (Lipinski definition) is 5. The highest BCUT2D eigenvalue weighted by molar-refractivity contribution is 7.14. The third-order valence-corrected chi connectivity index (χ3v) is 6.51. The van der Waals surface area contributed by atoms with Crippen molar-refractivity contribution in [1.82, 2.24) is 10.3 Å². The summed E-state index contributed by atoms with van der Waals surface area (Å²) in [6, 6.07) is 23.2. The predicted octanol–water partition coefficient (Wildman–Crippen LogP) is 6.31. The largest absolute Gasteiger partial charge is 0.481 e. The first kappa shape index (κ1) is 24.4. The number of carboxylic acid groups (broad SMARTS) is 1. The molecule has 3 aromatic carbocycles. The van der Waals surface area contributed by atoms with Gasteiger partial charge in [-0.05, 0) is 48.9 Å². The van der Waals surface area contributed by atoms with Gasteiger partial charge in [-0.25, -0.2) is 4.98 Å². The Kier molecular flexibility index (Phi) is 7.80. The van der Waals surface area contributed by atoms with Crippen LogP contribution in [0.3, 0.4) is 0 Å². The van der Waals surface area contributed by atoms with Gasteiger partial charge in [-0.1, -0.05) is 53.6 Å². The molecule has 8 heteroatoms. The van der Waals surface area contributed by atoms with Gasteiger partial charge in [-0.2, -0.15) is 0 Å². The number of carbonyl (C=O) groups excluding carboxylic acids is 1. The number of nitrogens with zero attached hydrogens (tertiary/aromatic N) is 2. The molecular formula is C27H24ClN3O3S. The van der Waals surface area contributed by atoms with E-state index in [4.69, 9.17) is 21.7 Å². The second-order valence-electron chi connectivity index (χ2n) is 8.04. The smallest absolute Gasteiger partial charge is 0.305 e. The van der Waals surface area contributed by atoms with E-state index in [1.807, 2.05) is 41.8 Å². The van der Waals surface area contributed by atoms with Crippen molar-refractivity contribution in [3.8, 4) is 11.3 Å². The normalized spacial score (nSPS) is 10.7. The van der Waals surface area contributed by atoms with Crippen molar-refractivity contribution in [1.29, 1.82) is 0 Å². The molecular weight excluding hydrogens is 482 g/mol. The Hall–Kier alpha value is -3.68. The van der Waals surface area contributed by atoms with Gasteiger partial charge in [0.1, 0.15) is 0 Å². The maximum Gasteiger partial charge on any atom is 0.305 e. The van der Waals surface area contributed by atoms with Crippen LogP contribution >= 0.6 is 22.9 Å². The Morgan fingerprint density at radius 1 is 1.00 bits per heavy atom. The van der Waals surface area contributed by atoms with Gasteiger partial charge in [0.15, 0.2) is 5.13 Å². The maximum absolute atomic E-state index is 12.3. The molecule has 0 bridgehead atoms. The fraction of sp³-hybridized carbons (Fsp3) is 0.148. The number of rotatable bonds is 9. The molecule has 0 aliphatic rings. The first-order valence-corrected chi connectivity index (χ1v) is 12.3. The van der Waals surface area contributed by atoms with Gasteiger partial charge in [0, 0.05) is 33.8 Å². The summed E-state index contributed by atoms with van der Waals surface area (Å²) in [7, 11) is 0. The Morgan fingerprint density at radius 3 is 2.34 bits per heavy atom. The van der Waals surface area contributed by atoms with E-state index in [9.17, 15) is 9.59 Å². The maximum atomic E-state index is 12.3. The van der Waals surface area contributed by atoms with E-state index in [2.05, 4.69) is 41.4 Å². The number of carbonyl (C=O) groups is 2. The second-order valence-corrected chi connectivity index (χ2v) is 9.31. The molecule has 4 aromatic rings. The van der Waals surface area contributed by atoms with E-state index in [1.165, 1.54) is 5.56 Å². The Bertz CT molecular complexity index is 1300. The lowest BCUT2D eigenvalue weighted by atomic mass is 10.1. The number of thiazole rings is 1. The minimum atomic E-state index is -0.946. The van der Waals surface area contributed by atoms with Crippen LogP contribution in [-0.4, -0.2) is 28.5 Å². The van der Waals surface area contributed by atoms with Gasteiger partial charge < -0.3 is 15.3 Å². The monoisotopic (exact) mass is 505 g/mol. The number of anilines is 2. The zero-order valence-corrected chi connectivity index (χ0v) is 20.6. The van der Waals surface area contributed by atoms with Crippen LogP contribution < -0.4 is 10.2 Å². The molecule has 4 rings (SSSR count). The van der Waals surface area contributed by atoms with E-state index < -0.39 is 5.97 Å². The topological polar surface area (TPSA) is 82.5 Å². The zero-order valence-electron chi connectivity index (χ0n) is 19.1. The van der Waals surface area contributed by atoms with Crippen molar-refractivity contribution in [2.45, 2.75) is 19.9 Å². The van der Waals surface area contributed by atoms with Crippen LogP contribution in [0.25, 0.3) is 11.3 Å². The fourth-order valence-electron chi connectivity index (χ4n) is 3.46. The van der Waals surface area contributed by atoms with Gasteiger partial charge in [0.2, 0.25) is 0 Å². The number of nitrogens with one attached hydrogen (secondary N) is 1. The van der Waals surface area contributed by atoms with Gasteiger partial charge in [0.25, 0.3) is 5.91 Å². The first-order chi connectivity index (χ1) is 16.9. The second kappa shape index (κ2) is 11.2. The summed E-state index contributed by atoms with van der Waals surface area (Å²) in [5.74, 6) is -1.24. The lowest BCUT2D eigenvalue weighted by molar-refractivity contribution is -0.136. The van der Waals surface area contributed by atoms with Crippen LogP contribution in [0.2, 0.25) is 5.02 Å². The highest BCUT2D eigenvalue weighted by atomic mass is 35.5. The minimum Gasteiger partial charge on any atom is -0.481 e. The molecule has 35 heavy (non-hydrogen) atoms. The summed E-state index contributed by atoms with van der Waals surface area (Å²) >= 11 is 7.60. The van der Waals surface area contributed by atoms with Gasteiger partial charge in [0.05, 0.1) is 18.7 Å². The summed E-state index contributed by atoms with van der Waals surface area (Å²) in [4.78, 5) is 29.9. The fourth-order valence-corrected chi connectivity index (χ4v) is 4.44. The number of benzene rings is 3. The van der Waals surface area contributed by atoms with Crippen molar-refractivity contribution in [2.75, 3.05) is 11.4 Å². The van der Waals surface area contributed by atoms with E-state index in [0.29, 0.717) is 17.1 Å². The lowest BCUT2D eigenvalue weighted by Gasteiger charge is -2.22. The molecule has 1 heterocycles. The molecule has 178 valence electrons. The quantitative estimate of drug-likeness (QED) is 0.278. The Morgan fingerprint density at radius 2 is 1.69 bits per heavy atom. The van der Waals surface area contributed by atoms with Crippen LogP contribution in [0.4, 0.5) is 10.8 Å². The average Bonchev–Trinajstić information content (AvgIpc) is 3.34. The summed E-state index contributed by atoms with van der Waals surface area (Å²) < 4.78 is 0. The number of halogens is 1. The molecule has 0 saturated heterocycles. The number of aryl methyl sites for hydroxylation is 1. The molecule has 6 nitrogen and oxygen atoms in total. The molecule has 0 spiro atoms. The van der Waals surface area contributed by atoms with E-state index in [1.54, 1.807) is 23.5 Å². The average molecular weight is 506 g/mol. The third-order valence-electron chi connectivity index (χ3n) is 5.39. The van der Waals surface area contributed by atoms with Crippen LogP contribution in [0.5, 0.6) is 0 Å². The number of carboxylic acids is 1. The lowest BCUT2D eigenvalue weighted by Crippen LogP contribution is -2.26. The molecule has 1 amide bonds. The zero-order chi connectivity index (χ0) is 24.8. The predicted molar refractivity (Wildman–Crippen MR) is 141 cm³/mol. The van der Waals surface area contributed by atoms with Crippen LogP contribution in [0, 0.1) is 6.92 Å². The van der Waals surface area contributed by atoms with E-state index in [0.717, 1.165) is 27.6 Å². The molecule has 0 atom stereocenters. The van der Waals surface area contributed by atoms with Crippen molar-refractivity contribution < 1.29 is 14.7 Å². The van der Waals surface area contributed by atoms with Crippen LogP contribution in [0.1, 0.15) is 27.9 Å². The molecule has 0 aliphatic heterocycles. The van der Waals surface area contributed by atoms with Gasteiger partial charge in [-0.3, -0.25) is 9.59 Å². The summed E-state index contributed by atoms with van der Waals surface area (Å²) in [5.41, 5.74) is 5.57. The molecule has 0 aliphatic carbocycles. The number of amides is 1. The van der Waals surface area contributed by atoms with Crippen molar-refractivity contribution >= 4 is 45.6 Å². The highest BCUT2D eigenvalue weighted by Crippen LogP contribution is 2.34. The summed E-state index contributed by atoms with van der Waals surface area (Å²) in [6.07, 6.45) is -0.110. The molecule has 1 aromatic heterocycles. The number of aliphatic carboxylic acids is 1. The van der Waals surface area contributed by atoms with Crippen molar-refractivity contribution in [2.24, 2.45) is 0 Å². The standard InChI is InChI=1S/C27H24ClN3O3S/c1-18-2-12-23(13-3-18)31(27-30-24(17-35-27)20-8-10-22(28)11-9-20)16-19-4-6-21(7-5-19)26(34)29-15-14-25(32)33/h2-13,17H,14-16H2,1H3,(H,29,34)(H,32,33). The minimum absolute atomic E-state index is 0.0944. The van der Waals surface area contributed by atoms with Crippen molar-refractivity contribution in [3.63, 3.8) is 0 Å². The van der Waals surface area contributed by atoms with E-state index >= 15 is 0 Å². The first-order valence-electron chi connectivity index (χ1n) is 11.0. The Labute approximate surface area is 212 Å². The van der Waals surface area contributed by atoms with Gasteiger partial charge in [-0.15, -0.1) is 11.3 Å². The van der Waals surface area contributed by atoms with Crippen LogP contribution in [-0.2, 0) is 11.3 Å². The molecule has 0 unspecified atom stereocenters. The highest BCUT2D eigenvalue weighted by Gasteiger charge is 2.16. The van der Waals surface area contributed by atoms with Crippen molar-refractivity contribution in [3.05, 3.63) is 99.9 Å². The number of hydrogen-bond donors (Lipinski definition) is 2. The summed E-state index contributed by atoms with van der Waals surface area (Å²) in [5, 5.41) is 14.9. The SMILES string of the molecule is Cc1ccc(N(Cc2ccc(C(=O)NCCC(=O)O)cc2)c2nc(-c3ccc(Cl)cc3)cs2)cc1. The molecule has 2 N–H and O–H groups in total. The third kappa shape index (κ3) is 6.47. The van der Waals surface area contributed by atoms with E-state index in [-0.39, 0.29) is 18.9 Å². The van der Waals surface area contributed by atoms with Crippen LogP contribution in [0.15, 0.2) is 78.2 Å². The number of aromatic nitrogens is 1. The Balaban J connectivity index is 1.55.